The Morgan fingerprint density at radius 2 is 1.71 bits per heavy atom. The lowest BCUT2D eigenvalue weighted by atomic mass is 10.1. The molecule has 1 aromatic carbocycles. The Labute approximate surface area is 117 Å². The number of carbonyl (C=O) groups is 1. The number of halogens is 3. The molecule has 1 aromatic heterocycles. The largest absolute Gasteiger partial charge is 0.477 e. The third kappa shape index (κ3) is 3.31. The minimum Gasteiger partial charge on any atom is -0.477 e. The van der Waals surface area contributed by atoms with Gasteiger partial charge in [-0.1, -0.05) is 18.2 Å². The van der Waals surface area contributed by atoms with Crippen LogP contribution >= 0.6 is 0 Å². The molecule has 1 N–H and O–H groups in total. The standard InChI is InChI=1S/C14H10F3NO3/c15-14(16,17)10-6-4-9(5-7-10)8-18-11(13(20)21)2-1-3-12(18)19/h1-7H,8H2,(H,20,21). The molecule has 2 aromatic rings. The first-order chi connectivity index (χ1) is 9.79. The fraction of sp³-hybridized carbons (Fsp3) is 0.143. The molecule has 110 valence electrons. The third-order valence-electron chi connectivity index (χ3n) is 2.89. The van der Waals surface area contributed by atoms with E-state index in [0.29, 0.717) is 5.56 Å². The third-order valence-corrected chi connectivity index (χ3v) is 2.89. The van der Waals surface area contributed by atoms with Crippen LogP contribution < -0.4 is 5.56 Å². The monoisotopic (exact) mass is 297 g/mol. The second-order valence-corrected chi connectivity index (χ2v) is 4.34. The summed E-state index contributed by atoms with van der Waals surface area (Å²) >= 11 is 0. The topological polar surface area (TPSA) is 59.3 Å². The van der Waals surface area contributed by atoms with Crippen molar-refractivity contribution < 1.29 is 23.1 Å². The van der Waals surface area contributed by atoms with Crippen molar-refractivity contribution in [1.29, 1.82) is 0 Å². The summed E-state index contributed by atoms with van der Waals surface area (Å²) in [7, 11) is 0. The fourth-order valence-corrected chi connectivity index (χ4v) is 1.85. The van der Waals surface area contributed by atoms with E-state index in [9.17, 15) is 22.8 Å². The quantitative estimate of drug-likeness (QED) is 0.947. The molecule has 0 unspecified atom stereocenters. The summed E-state index contributed by atoms with van der Waals surface area (Å²) in [6, 6.07) is 7.98. The molecule has 0 aliphatic rings. The molecule has 4 nitrogen and oxygen atoms in total. The highest BCUT2D eigenvalue weighted by atomic mass is 19.4. The van der Waals surface area contributed by atoms with E-state index in [1.807, 2.05) is 0 Å². The number of carboxylic acids is 1. The number of alkyl halides is 3. The molecule has 0 aliphatic carbocycles. The second-order valence-electron chi connectivity index (χ2n) is 4.34. The van der Waals surface area contributed by atoms with Crippen molar-refractivity contribution in [3.63, 3.8) is 0 Å². The second kappa shape index (κ2) is 5.43. The highest BCUT2D eigenvalue weighted by molar-refractivity contribution is 5.85. The van der Waals surface area contributed by atoms with Crippen molar-refractivity contribution in [2.45, 2.75) is 12.7 Å². The molecule has 0 amide bonds. The Morgan fingerprint density at radius 3 is 2.24 bits per heavy atom. The van der Waals surface area contributed by atoms with E-state index in [0.717, 1.165) is 16.7 Å². The van der Waals surface area contributed by atoms with E-state index < -0.39 is 23.3 Å². The van der Waals surface area contributed by atoms with E-state index >= 15 is 0 Å². The van der Waals surface area contributed by atoms with Crippen molar-refractivity contribution in [3.05, 3.63) is 69.6 Å². The maximum atomic E-state index is 12.4. The molecule has 0 radical (unpaired) electrons. The van der Waals surface area contributed by atoms with Crippen molar-refractivity contribution in [3.8, 4) is 0 Å². The van der Waals surface area contributed by atoms with Gasteiger partial charge in [-0.2, -0.15) is 13.2 Å². The van der Waals surface area contributed by atoms with Gasteiger partial charge in [0.05, 0.1) is 12.1 Å². The van der Waals surface area contributed by atoms with Gasteiger partial charge < -0.3 is 5.11 Å². The average Bonchev–Trinajstić information content (AvgIpc) is 2.40. The number of aromatic carboxylic acids is 1. The lowest BCUT2D eigenvalue weighted by Crippen LogP contribution is -2.25. The van der Waals surface area contributed by atoms with Crippen LogP contribution in [0.1, 0.15) is 21.6 Å². The zero-order valence-electron chi connectivity index (χ0n) is 10.6. The summed E-state index contributed by atoms with van der Waals surface area (Å²) in [6.45, 7) is -0.112. The predicted molar refractivity (Wildman–Crippen MR) is 68.2 cm³/mol. The zero-order chi connectivity index (χ0) is 15.6. The Bertz CT molecular complexity index is 717. The van der Waals surface area contributed by atoms with Gasteiger partial charge in [0.2, 0.25) is 0 Å². The molecule has 0 bridgehead atoms. The minimum absolute atomic E-state index is 0.112. The van der Waals surface area contributed by atoms with Gasteiger partial charge in [-0.05, 0) is 23.8 Å². The number of carboxylic acid groups (broad SMARTS) is 1. The van der Waals surface area contributed by atoms with Crippen LogP contribution in [0.4, 0.5) is 13.2 Å². The van der Waals surface area contributed by atoms with E-state index in [2.05, 4.69) is 0 Å². The van der Waals surface area contributed by atoms with E-state index in [1.165, 1.54) is 30.3 Å². The van der Waals surface area contributed by atoms with E-state index in [4.69, 9.17) is 5.11 Å². The molecule has 0 aliphatic heterocycles. The smallest absolute Gasteiger partial charge is 0.416 e. The molecule has 0 fully saturated rings. The number of nitrogens with zero attached hydrogens (tertiary/aromatic N) is 1. The highest BCUT2D eigenvalue weighted by Crippen LogP contribution is 2.29. The molecular formula is C14H10F3NO3. The molecule has 0 atom stereocenters. The first-order valence-electron chi connectivity index (χ1n) is 5.88. The van der Waals surface area contributed by atoms with Gasteiger partial charge in [-0.25, -0.2) is 4.79 Å². The number of aromatic nitrogens is 1. The predicted octanol–water partition coefficient (Wildman–Crippen LogP) is 2.61. The summed E-state index contributed by atoms with van der Waals surface area (Å²) in [5.41, 5.74) is -1.15. The first-order valence-corrected chi connectivity index (χ1v) is 5.88. The number of benzene rings is 1. The van der Waals surface area contributed by atoms with Crippen LogP contribution in [0.3, 0.4) is 0 Å². The van der Waals surface area contributed by atoms with Crippen LogP contribution in [0.5, 0.6) is 0 Å². The lowest BCUT2D eigenvalue weighted by Gasteiger charge is -2.11. The normalized spacial score (nSPS) is 11.4. The van der Waals surface area contributed by atoms with Gasteiger partial charge in [-0.3, -0.25) is 9.36 Å². The molecule has 7 heteroatoms. The van der Waals surface area contributed by atoms with Gasteiger partial charge >= 0.3 is 12.1 Å². The van der Waals surface area contributed by atoms with Gasteiger partial charge in [0.15, 0.2) is 0 Å². The molecule has 0 saturated carbocycles. The highest BCUT2D eigenvalue weighted by Gasteiger charge is 2.29. The van der Waals surface area contributed by atoms with Gasteiger partial charge in [-0.15, -0.1) is 0 Å². The summed E-state index contributed by atoms with van der Waals surface area (Å²) in [5.74, 6) is -1.28. The average molecular weight is 297 g/mol. The summed E-state index contributed by atoms with van der Waals surface area (Å²) in [4.78, 5) is 22.7. The summed E-state index contributed by atoms with van der Waals surface area (Å²) in [5, 5.41) is 9.01. The first kappa shape index (κ1) is 14.8. The minimum atomic E-state index is -4.44. The number of hydrogen-bond acceptors (Lipinski definition) is 2. The van der Waals surface area contributed by atoms with Gasteiger partial charge in [0.1, 0.15) is 5.69 Å². The number of hydrogen-bond donors (Lipinski definition) is 1. The Hall–Kier alpha value is -2.57. The Morgan fingerprint density at radius 1 is 1.10 bits per heavy atom. The van der Waals surface area contributed by atoms with Gasteiger partial charge in [0.25, 0.3) is 5.56 Å². The fourth-order valence-electron chi connectivity index (χ4n) is 1.85. The van der Waals surface area contributed by atoms with Crippen molar-refractivity contribution >= 4 is 5.97 Å². The van der Waals surface area contributed by atoms with Crippen LogP contribution in [0, 0.1) is 0 Å². The maximum absolute atomic E-state index is 12.4. The van der Waals surface area contributed by atoms with Crippen LogP contribution in [-0.4, -0.2) is 15.6 Å². The number of pyridine rings is 1. The molecular weight excluding hydrogens is 287 g/mol. The molecule has 0 saturated heterocycles. The van der Waals surface area contributed by atoms with Crippen molar-refractivity contribution in [2.24, 2.45) is 0 Å². The Balaban J connectivity index is 2.35. The molecule has 1 heterocycles. The summed E-state index contributed by atoms with van der Waals surface area (Å²) < 4.78 is 38.3. The zero-order valence-corrected chi connectivity index (χ0v) is 10.6. The lowest BCUT2D eigenvalue weighted by molar-refractivity contribution is -0.137. The van der Waals surface area contributed by atoms with Crippen molar-refractivity contribution in [1.82, 2.24) is 4.57 Å². The van der Waals surface area contributed by atoms with Crippen LogP contribution in [0.25, 0.3) is 0 Å². The molecule has 2 rings (SSSR count). The number of rotatable bonds is 3. The van der Waals surface area contributed by atoms with Crippen LogP contribution in [0.15, 0.2) is 47.3 Å². The van der Waals surface area contributed by atoms with E-state index in [-0.39, 0.29) is 12.2 Å². The van der Waals surface area contributed by atoms with Crippen LogP contribution in [-0.2, 0) is 12.7 Å². The molecule has 0 spiro atoms. The summed E-state index contributed by atoms with van der Waals surface area (Å²) in [6.07, 6.45) is -4.44. The van der Waals surface area contributed by atoms with E-state index in [1.54, 1.807) is 0 Å². The Kier molecular flexibility index (Phi) is 3.84. The molecule has 21 heavy (non-hydrogen) atoms. The van der Waals surface area contributed by atoms with Crippen molar-refractivity contribution in [2.75, 3.05) is 0 Å². The van der Waals surface area contributed by atoms with Gasteiger partial charge in [0, 0.05) is 6.07 Å². The SMILES string of the molecule is O=C(O)c1cccc(=O)n1Cc1ccc(C(F)(F)F)cc1. The van der Waals surface area contributed by atoms with Crippen LogP contribution in [0.2, 0.25) is 0 Å². The maximum Gasteiger partial charge on any atom is 0.416 e.